The first kappa shape index (κ1) is 28.2. The number of hydrogen-bond donors (Lipinski definition) is 0. The maximum absolute atomic E-state index is 13.0. The van der Waals surface area contributed by atoms with Crippen molar-refractivity contribution in [1.82, 2.24) is 0 Å². The zero-order valence-corrected chi connectivity index (χ0v) is 22.2. The summed E-state index contributed by atoms with van der Waals surface area (Å²) in [5, 5.41) is 19.4. The molecule has 210 valence electrons. The number of nitrogens with zero attached hydrogens (tertiary/aromatic N) is 2. The molecule has 10 nitrogen and oxygen atoms in total. The van der Waals surface area contributed by atoms with Gasteiger partial charge in [-0.3, -0.25) is 0 Å². The Hall–Kier alpha value is -4.29. The summed E-state index contributed by atoms with van der Waals surface area (Å²) in [7, 11) is 0. The lowest BCUT2D eigenvalue weighted by molar-refractivity contribution is -0.0451. The van der Waals surface area contributed by atoms with Gasteiger partial charge in [0.15, 0.2) is 0 Å². The fourth-order valence-electron chi connectivity index (χ4n) is 4.45. The second-order valence-corrected chi connectivity index (χ2v) is 9.14. The highest BCUT2D eigenvalue weighted by molar-refractivity contribution is 5.64. The molecule has 0 saturated carbocycles. The van der Waals surface area contributed by atoms with Crippen molar-refractivity contribution in [3.63, 3.8) is 0 Å². The quantitative estimate of drug-likeness (QED) is 0.473. The molecule has 1 aliphatic carbocycles. The third-order valence-corrected chi connectivity index (χ3v) is 6.46. The highest BCUT2D eigenvalue weighted by Gasteiger charge is 2.23. The molecule has 1 fully saturated rings. The summed E-state index contributed by atoms with van der Waals surface area (Å²) in [4.78, 5) is 13.0. The average molecular weight is 557 g/mol. The van der Waals surface area contributed by atoms with E-state index in [0.717, 1.165) is 0 Å². The molecule has 2 heterocycles. The Morgan fingerprint density at radius 3 is 2.02 bits per heavy atom. The molecule has 0 amide bonds. The Morgan fingerprint density at radius 2 is 1.39 bits per heavy atom. The number of ether oxygens (including phenoxy) is 6. The fourth-order valence-corrected chi connectivity index (χ4v) is 4.45. The van der Waals surface area contributed by atoms with Crippen molar-refractivity contribution in [3.05, 3.63) is 80.7 Å². The van der Waals surface area contributed by atoms with Gasteiger partial charge < -0.3 is 32.8 Å². The van der Waals surface area contributed by atoms with Crippen LogP contribution < -0.4 is 21.0 Å². The molecule has 0 radical (unpaired) electrons. The molecule has 1 aromatic heterocycles. The molecular weight excluding hydrogens is 528 g/mol. The zero-order chi connectivity index (χ0) is 28.4. The summed E-state index contributed by atoms with van der Waals surface area (Å²) in [5.41, 5.74) is 1.31. The first-order chi connectivity index (χ1) is 20.2. The SMILES string of the molecule is N#Cc1cccc(Oc2ccc(-c3cc4c(oc3=O)=CC3OCCOCCOCCOCCOC3C=4)cc2)c1C#N. The van der Waals surface area contributed by atoms with Crippen LogP contribution in [-0.2, 0) is 23.7 Å². The minimum atomic E-state index is -0.496. The lowest BCUT2D eigenvalue weighted by atomic mass is 10.0. The van der Waals surface area contributed by atoms with E-state index in [1.807, 2.05) is 18.2 Å². The van der Waals surface area contributed by atoms with Gasteiger partial charge >= 0.3 is 5.63 Å². The third kappa shape index (κ3) is 7.08. The maximum atomic E-state index is 13.0. The van der Waals surface area contributed by atoms with Gasteiger partial charge in [-0.25, -0.2) is 4.79 Å². The number of fused-ring (bicyclic) bond motifs is 2. The molecule has 0 spiro atoms. The van der Waals surface area contributed by atoms with Gasteiger partial charge in [-0.15, -0.1) is 0 Å². The van der Waals surface area contributed by atoms with Gasteiger partial charge in [-0.05, 0) is 48.0 Å². The second kappa shape index (κ2) is 13.9. The summed E-state index contributed by atoms with van der Waals surface area (Å²) in [5.74, 6) is 0.725. The summed E-state index contributed by atoms with van der Waals surface area (Å²) >= 11 is 0. The number of hydrogen-bond acceptors (Lipinski definition) is 10. The Kier molecular flexibility index (Phi) is 9.55. The number of rotatable bonds is 3. The Bertz CT molecular complexity index is 1620. The number of nitriles is 2. The third-order valence-electron chi connectivity index (χ3n) is 6.46. The van der Waals surface area contributed by atoms with Gasteiger partial charge in [-0.2, -0.15) is 10.5 Å². The normalized spacial score (nSPS) is 19.9. The van der Waals surface area contributed by atoms with E-state index in [0.29, 0.717) is 80.4 Å². The first-order valence-corrected chi connectivity index (χ1v) is 13.2. The predicted molar refractivity (Wildman–Crippen MR) is 146 cm³/mol. The molecule has 2 atom stereocenters. The molecule has 3 aromatic rings. The van der Waals surface area contributed by atoms with Gasteiger partial charge in [0.25, 0.3) is 0 Å². The van der Waals surface area contributed by atoms with Crippen LogP contribution in [0.2, 0.25) is 0 Å². The first-order valence-electron chi connectivity index (χ1n) is 13.2. The highest BCUT2D eigenvalue weighted by atomic mass is 16.6. The molecule has 41 heavy (non-hydrogen) atoms. The van der Waals surface area contributed by atoms with Crippen LogP contribution in [0.25, 0.3) is 23.3 Å². The summed E-state index contributed by atoms with van der Waals surface area (Å²) < 4.78 is 40.2. The van der Waals surface area contributed by atoms with Crippen molar-refractivity contribution in [2.24, 2.45) is 0 Å². The van der Waals surface area contributed by atoms with Gasteiger partial charge in [0.05, 0.1) is 64.0 Å². The topological polar surface area (TPSA) is 133 Å². The molecule has 5 rings (SSSR count). The minimum Gasteiger partial charge on any atom is -0.456 e. The van der Waals surface area contributed by atoms with Crippen molar-refractivity contribution in [2.45, 2.75) is 12.2 Å². The van der Waals surface area contributed by atoms with E-state index in [4.69, 9.17) is 32.8 Å². The predicted octanol–water partition coefficient (Wildman–Crippen LogP) is 2.25. The minimum absolute atomic E-state index is 0.159. The van der Waals surface area contributed by atoms with Crippen LogP contribution in [0, 0.1) is 22.7 Å². The second-order valence-electron chi connectivity index (χ2n) is 9.14. The Balaban J connectivity index is 1.38. The highest BCUT2D eigenvalue weighted by Crippen LogP contribution is 2.28. The van der Waals surface area contributed by atoms with Crippen LogP contribution in [0.3, 0.4) is 0 Å². The molecule has 1 saturated heterocycles. The molecule has 2 unspecified atom stereocenters. The monoisotopic (exact) mass is 556 g/mol. The summed E-state index contributed by atoms with van der Waals surface area (Å²) in [6, 6.07) is 17.4. The smallest absolute Gasteiger partial charge is 0.344 e. The molecule has 2 aliphatic rings. The standard InChI is InChI=1S/C31H28N2O8/c32-19-22-2-1-3-27(26(22)20-33)40-24-6-4-21(5-7-24)25-16-23-17-29-30(18-28(23)41-31(25)34)39-15-13-37-11-9-35-8-10-36-12-14-38-29/h1-7,16-18,29-30H,8-15H2. The fraction of sp³-hybridized carbons (Fsp3) is 0.323. The lowest BCUT2D eigenvalue weighted by Crippen LogP contribution is -2.43. The van der Waals surface area contributed by atoms with Gasteiger partial charge in [-0.1, -0.05) is 18.2 Å². The Labute approximate surface area is 236 Å². The van der Waals surface area contributed by atoms with Crippen LogP contribution in [0.4, 0.5) is 0 Å². The molecular formula is C31H28N2O8. The molecule has 0 bridgehead atoms. The van der Waals surface area contributed by atoms with Gasteiger partial charge in [0, 0.05) is 5.22 Å². The molecule has 1 aliphatic heterocycles. The molecule has 0 N–H and O–H groups in total. The van der Waals surface area contributed by atoms with Crippen molar-refractivity contribution < 1.29 is 32.8 Å². The number of benzene rings is 2. The van der Waals surface area contributed by atoms with Crippen molar-refractivity contribution >= 4 is 12.2 Å². The zero-order valence-electron chi connectivity index (χ0n) is 22.2. The van der Waals surface area contributed by atoms with E-state index in [1.54, 1.807) is 54.6 Å². The van der Waals surface area contributed by atoms with E-state index in [1.165, 1.54) is 0 Å². The molecule has 2 aromatic carbocycles. The van der Waals surface area contributed by atoms with E-state index in [9.17, 15) is 15.3 Å². The van der Waals surface area contributed by atoms with Crippen molar-refractivity contribution in [2.75, 3.05) is 52.9 Å². The van der Waals surface area contributed by atoms with Crippen LogP contribution >= 0.6 is 0 Å². The van der Waals surface area contributed by atoms with E-state index >= 15 is 0 Å². The van der Waals surface area contributed by atoms with Crippen LogP contribution in [-0.4, -0.2) is 65.1 Å². The average Bonchev–Trinajstić information content (AvgIpc) is 3.00. The van der Waals surface area contributed by atoms with E-state index < -0.39 is 17.8 Å². The largest absolute Gasteiger partial charge is 0.456 e. The maximum Gasteiger partial charge on any atom is 0.344 e. The van der Waals surface area contributed by atoms with Crippen LogP contribution in [0.15, 0.2) is 57.7 Å². The van der Waals surface area contributed by atoms with Gasteiger partial charge in [0.1, 0.15) is 46.8 Å². The Morgan fingerprint density at radius 1 is 0.756 bits per heavy atom. The van der Waals surface area contributed by atoms with Crippen LogP contribution in [0.5, 0.6) is 11.5 Å². The summed E-state index contributed by atoms with van der Waals surface area (Å²) in [6.45, 7) is 3.41. The van der Waals surface area contributed by atoms with Crippen LogP contribution in [0.1, 0.15) is 11.1 Å². The lowest BCUT2D eigenvalue weighted by Gasteiger charge is -2.25. The van der Waals surface area contributed by atoms with Crippen molar-refractivity contribution in [1.29, 1.82) is 10.5 Å². The van der Waals surface area contributed by atoms with E-state index in [2.05, 4.69) is 0 Å². The van der Waals surface area contributed by atoms with Gasteiger partial charge in [0.2, 0.25) is 0 Å². The molecule has 10 heteroatoms. The van der Waals surface area contributed by atoms with E-state index in [-0.39, 0.29) is 16.9 Å². The summed E-state index contributed by atoms with van der Waals surface area (Å²) in [6.07, 6.45) is 2.77. The van der Waals surface area contributed by atoms with Crippen molar-refractivity contribution in [3.8, 4) is 34.8 Å².